The van der Waals surface area contributed by atoms with Gasteiger partial charge in [-0.15, -0.1) is 11.3 Å². The molecule has 0 aliphatic heterocycles. The summed E-state index contributed by atoms with van der Waals surface area (Å²) in [4.78, 5) is 13.2. The Balaban J connectivity index is 1.68. The van der Waals surface area contributed by atoms with Crippen LogP contribution in [0.1, 0.15) is 21.8 Å². The van der Waals surface area contributed by atoms with E-state index in [1.54, 1.807) is 22.9 Å². The standard InChI is InChI=1S/C19H21ClN4O3S2/c1-12-17(13(2)24(23-12)15-6-4-14(20)5-7-15)10-18(25)22-11-16-8-9-19(28-16)29(26,27)21-3/h4-9,21H,10-11H2,1-3H3,(H,22,25). The van der Waals surface area contributed by atoms with Crippen LogP contribution in [0.15, 0.2) is 40.6 Å². The molecule has 2 heterocycles. The lowest BCUT2D eigenvalue weighted by molar-refractivity contribution is -0.120. The molecule has 0 saturated heterocycles. The third-order valence-corrected chi connectivity index (χ3v) is 7.72. The van der Waals surface area contributed by atoms with E-state index in [0.717, 1.165) is 38.9 Å². The van der Waals surface area contributed by atoms with Gasteiger partial charge in [0, 0.05) is 21.2 Å². The molecule has 3 rings (SSSR count). The van der Waals surface area contributed by atoms with Crippen LogP contribution in [0, 0.1) is 13.8 Å². The van der Waals surface area contributed by atoms with Gasteiger partial charge in [-0.2, -0.15) is 5.10 Å². The van der Waals surface area contributed by atoms with Crippen LogP contribution in [0.2, 0.25) is 5.02 Å². The van der Waals surface area contributed by atoms with Crippen LogP contribution in [-0.4, -0.2) is 31.2 Å². The molecular weight excluding hydrogens is 432 g/mol. The Hall–Kier alpha value is -2.20. The molecule has 7 nitrogen and oxygen atoms in total. The van der Waals surface area contributed by atoms with Gasteiger partial charge in [0.1, 0.15) is 4.21 Å². The first kappa shape index (κ1) is 21.5. The quantitative estimate of drug-likeness (QED) is 0.576. The minimum atomic E-state index is -3.47. The normalized spacial score (nSPS) is 11.6. The Morgan fingerprint density at radius 2 is 1.86 bits per heavy atom. The number of hydrogen-bond donors (Lipinski definition) is 2. The summed E-state index contributed by atoms with van der Waals surface area (Å²) in [6.45, 7) is 4.06. The molecule has 0 bridgehead atoms. The highest BCUT2D eigenvalue weighted by Gasteiger charge is 2.17. The maximum Gasteiger partial charge on any atom is 0.249 e. The Morgan fingerprint density at radius 1 is 1.17 bits per heavy atom. The molecule has 0 aliphatic carbocycles. The predicted octanol–water partition coefficient (Wildman–Crippen LogP) is 2.97. The van der Waals surface area contributed by atoms with Crippen LogP contribution in [0.5, 0.6) is 0 Å². The fourth-order valence-corrected chi connectivity index (χ4v) is 5.13. The first-order valence-electron chi connectivity index (χ1n) is 8.81. The average molecular weight is 453 g/mol. The van der Waals surface area contributed by atoms with Crippen molar-refractivity contribution in [2.45, 2.75) is 31.0 Å². The van der Waals surface area contributed by atoms with Crippen LogP contribution < -0.4 is 10.0 Å². The Morgan fingerprint density at radius 3 is 2.52 bits per heavy atom. The Kier molecular flexibility index (Phi) is 6.42. The van der Waals surface area contributed by atoms with E-state index >= 15 is 0 Å². The second kappa shape index (κ2) is 8.66. The third kappa shape index (κ3) is 4.87. The van der Waals surface area contributed by atoms with Crippen molar-refractivity contribution < 1.29 is 13.2 Å². The molecule has 2 aromatic heterocycles. The molecule has 3 aromatic rings. The van der Waals surface area contributed by atoms with Gasteiger partial charge in [-0.05, 0) is 57.3 Å². The fourth-order valence-electron chi connectivity index (χ4n) is 2.87. The molecule has 29 heavy (non-hydrogen) atoms. The van der Waals surface area contributed by atoms with Crippen molar-refractivity contribution in [1.29, 1.82) is 0 Å². The summed E-state index contributed by atoms with van der Waals surface area (Å²) in [6, 6.07) is 10.6. The zero-order chi connectivity index (χ0) is 21.2. The first-order chi connectivity index (χ1) is 13.7. The van der Waals surface area contributed by atoms with E-state index in [9.17, 15) is 13.2 Å². The van der Waals surface area contributed by atoms with Gasteiger partial charge >= 0.3 is 0 Å². The minimum Gasteiger partial charge on any atom is -0.351 e. The number of benzene rings is 1. The molecule has 1 amide bonds. The number of amides is 1. The number of carbonyl (C=O) groups is 1. The minimum absolute atomic E-state index is 0.154. The lowest BCUT2D eigenvalue weighted by Crippen LogP contribution is -2.24. The topological polar surface area (TPSA) is 93.1 Å². The van der Waals surface area contributed by atoms with Gasteiger partial charge in [0.25, 0.3) is 0 Å². The molecule has 1 aromatic carbocycles. The van der Waals surface area contributed by atoms with Crippen LogP contribution >= 0.6 is 22.9 Å². The number of nitrogens with zero attached hydrogens (tertiary/aromatic N) is 2. The van der Waals surface area contributed by atoms with E-state index in [-0.39, 0.29) is 23.1 Å². The molecule has 0 atom stereocenters. The monoisotopic (exact) mass is 452 g/mol. The number of aromatic nitrogens is 2. The van der Waals surface area contributed by atoms with E-state index in [1.807, 2.05) is 26.0 Å². The summed E-state index contributed by atoms with van der Waals surface area (Å²) in [5, 5.41) is 8.03. The van der Waals surface area contributed by atoms with Crippen LogP contribution in [0.3, 0.4) is 0 Å². The van der Waals surface area contributed by atoms with Gasteiger partial charge in [0.2, 0.25) is 15.9 Å². The molecule has 0 spiro atoms. The lowest BCUT2D eigenvalue weighted by Gasteiger charge is -2.06. The van der Waals surface area contributed by atoms with E-state index in [2.05, 4.69) is 15.1 Å². The van der Waals surface area contributed by atoms with Crippen LogP contribution in [0.25, 0.3) is 5.69 Å². The molecule has 154 valence electrons. The van der Waals surface area contributed by atoms with Gasteiger partial charge in [-0.3, -0.25) is 4.79 Å². The van der Waals surface area contributed by atoms with Crippen molar-refractivity contribution in [3.63, 3.8) is 0 Å². The third-order valence-electron chi connectivity index (χ3n) is 4.48. The highest BCUT2D eigenvalue weighted by molar-refractivity contribution is 7.91. The second-order valence-corrected chi connectivity index (χ2v) is 10.1. The zero-order valence-corrected chi connectivity index (χ0v) is 18.6. The van der Waals surface area contributed by atoms with E-state index in [0.29, 0.717) is 5.02 Å². The fraction of sp³-hybridized carbons (Fsp3) is 0.263. The van der Waals surface area contributed by atoms with Crippen molar-refractivity contribution in [3.8, 4) is 5.69 Å². The maximum absolute atomic E-state index is 12.4. The van der Waals surface area contributed by atoms with Crippen molar-refractivity contribution >= 4 is 38.9 Å². The second-order valence-electron chi connectivity index (χ2n) is 6.42. The number of thiophene rings is 1. The lowest BCUT2D eigenvalue weighted by atomic mass is 10.1. The number of aryl methyl sites for hydroxylation is 1. The van der Waals surface area contributed by atoms with Crippen LogP contribution in [-0.2, 0) is 27.8 Å². The van der Waals surface area contributed by atoms with Crippen molar-refractivity contribution in [1.82, 2.24) is 19.8 Å². The summed E-state index contributed by atoms with van der Waals surface area (Å²) in [5.74, 6) is -0.154. The largest absolute Gasteiger partial charge is 0.351 e. The van der Waals surface area contributed by atoms with Gasteiger partial charge in [0.15, 0.2) is 0 Å². The van der Waals surface area contributed by atoms with Gasteiger partial charge < -0.3 is 5.32 Å². The van der Waals surface area contributed by atoms with E-state index in [4.69, 9.17) is 11.6 Å². The number of hydrogen-bond acceptors (Lipinski definition) is 5. The Labute approximate surface area is 178 Å². The average Bonchev–Trinajstić information content (AvgIpc) is 3.28. The number of rotatable bonds is 7. The van der Waals surface area contributed by atoms with Crippen molar-refractivity contribution in [2.24, 2.45) is 0 Å². The predicted molar refractivity (Wildman–Crippen MR) is 114 cm³/mol. The van der Waals surface area contributed by atoms with Crippen molar-refractivity contribution in [2.75, 3.05) is 7.05 Å². The summed E-state index contributed by atoms with van der Waals surface area (Å²) in [5.41, 5.74) is 3.41. The van der Waals surface area contributed by atoms with E-state index < -0.39 is 10.0 Å². The molecule has 0 saturated carbocycles. The molecule has 0 unspecified atom stereocenters. The Bertz CT molecular complexity index is 1130. The molecule has 0 fully saturated rings. The number of sulfonamides is 1. The van der Waals surface area contributed by atoms with Gasteiger partial charge in [0.05, 0.1) is 24.3 Å². The number of nitrogens with one attached hydrogen (secondary N) is 2. The zero-order valence-electron chi connectivity index (χ0n) is 16.2. The highest BCUT2D eigenvalue weighted by atomic mass is 35.5. The van der Waals surface area contributed by atoms with Gasteiger partial charge in [-0.25, -0.2) is 17.8 Å². The summed E-state index contributed by atoms with van der Waals surface area (Å²) >= 11 is 7.07. The summed E-state index contributed by atoms with van der Waals surface area (Å²) in [7, 11) is -2.10. The van der Waals surface area contributed by atoms with E-state index in [1.165, 1.54) is 13.1 Å². The molecule has 0 aliphatic rings. The van der Waals surface area contributed by atoms with Crippen molar-refractivity contribution in [3.05, 3.63) is 63.2 Å². The SMILES string of the molecule is CNS(=O)(=O)c1ccc(CNC(=O)Cc2c(C)nn(-c3ccc(Cl)cc3)c2C)s1. The highest BCUT2D eigenvalue weighted by Crippen LogP contribution is 2.22. The molecule has 2 N–H and O–H groups in total. The van der Waals surface area contributed by atoms with Crippen LogP contribution in [0.4, 0.5) is 0 Å². The summed E-state index contributed by atoms with van der Waals surface area (Å²) < 4.78 is 27.9. The first-order valence-corrected chi connectivity index (χ1v) is 11.5. The van der Waals surface area contributed by atoms with Gasteiger partial charge in [-0.1, -0.05) is 11.6 Å². The molecular formula is C19H21ClN4O3S2. The maximum atomic E-state index is 12.4. The number of carbonyl (C=O) groups excluding carboxylic acids is 1. The number of halogens is 1. The molecule has 0 radical (unpaired) electrons. The smallest absolute Gasteiger partial charge is 0.249 e. The summed E-state index contributed by atoms with van der Waals surface area (Å²) in [6.07, 6.45) is 0.193. The molecule has 10 heteroatoms.